The van der Waals surface area contributed by atoms with E-state index in [0.29, 0.717) is 12.0 Å². The number of nitrogens with one attached hydrogen (secondary N) is 1. The molecule has 0 aromatic carbocycles. The van der Waals surface area contributed by atoms with Crippen molar-refractivity contribution in [2.24, 2.45) is 17.6 Å². The zero-order chi connectivity index (χ0) is 11.4. The Hall–Kier alpha value is -0.610. The van der Waals surface area contributed by atoms with E-state index in [9.17, 15) is 4.79 Å². The minimum atomic E-state index is 0.172. The van der Waals surface area contributed by atoms with Crippen LogP contribution in [-0.4, -0.2) is 31.7 Å². The molecule has 16 heavy (non-hydrogen) atoms. The lowest BCUT2D eigenvalue weighted by atomic mass is 9.99. The molecule has 1 amide bonds. The maximum atomic E-state index is 12.0. The molecule has 2 fully saturated rings. The minimum absolute atomic E-state index is 0.172. The second-order valence-electron chi connectivity index (χ2n) is 5.01. The second kappa shape index (κ2) is 5.64. The minimum Gasteiger partial charge on any atom is -0.381 e. The molecule has 4 nitrogen and oxygen atoms in total. The van der Waals surface area contributed by atoms with Crippen molar-refractivity contribution in [3.05, 3.63) is 0 Å². The first-order valence-electron chi connectivity index (χ1n) is 6.37. The van der Waals surface area contributed by atoms with Crippen LogP contribution in [0.25, 0.3) is 0 Å². The standard InChI is InChI=1S/C12H22N2O2/c13-8-9-1-2-11(7-9)14-12(15)10-3-5-16-6-4-10/h9-11H,1-8,13H2,(H,14,15)/t9-,11+/m0/s1. The molecule has 2 aliphatic rings. The summed E-state index contributed by atoms with van der Waals surface area (Å²) in [5.41, 5.74) is 5.64. The van der Waals surface area contributed by atoms with Gasteiger partial charge in [-0.2, -0.15) is 0 Å². The van der Waals surface area contributed by atoms with E-state index in [2.05, 4.69) is 5.32 Å². The Kier molecular flexibility index (Phi) is 4.18. The van der Waals surface area contributed by atoms with Gasteiger partial charge in [-0.3, -0.25) is 4.79 Å². The number of hydrogen-bond donors (Lipinski definition) is 2. The molecule has 0 aromatic rings. The molecule has 3 N–H and O–H groups in total. The van der Waals surface area contributed by atoms with Gasteiger partial charge in [0, 0.05) is 25.2 Å². The highest BCUT2D eigenvalue weighted by atomic mass is 16.5. The SMILES string of the molecule is NC[C@H]1CC[C@@H](NC(=O)C2CCOCC2)C1. The molecule has 4 heteroatoms. The van der Waals surface area contributed by atoms with E-state index >= 15 is 0 Å². The second-order valence-corrected chi connectivity index (χ2v) is 5.01. The van der Waals surface area contributed by atoms with Gasteiger partial charge in [0.25, 0.3) is 0 Å². The average molecular weight is 226 g/mol. The van der Waals surface area contributed by atoms with E-state index in [1.165, 1.54) is 0 Å². The maximum Gasteiger partial charge on any atom is 0.223 e. The van der Waals surface area contributed by atoms with E-state index in [1.807, 2.05) is 0 Å². The van der Waals surface area contributed by atoms with Crippen LogP contribution >= 0.6 is 0 Å². The first-order chi connectivity index (χ1) is 7.79. The van der Waals surface area contributed by atoms with Crippen molar-refractivity contribution in [1.82, 2.24) is 5.32 Å². The molecule has 1 saturated carbocycles. The van der Waals surface area contributed by atoms with E-state index in [4.69, 9.17) is 10.5 Å². The largest absolute Gasteiger partial charge is 0.381 e. The van der Waals surface area contributed by atoms with Gasteiger partial charge in [0.05, 0.1) is 0 Å². The predicted octanol–water partition coefficient (Wildman–Crippen LogP) is 0.657. The molecule has 92 valence electrons. The fourth-order valence-corrected chi connectivity index (χ4v) is 2.70. The van der Waals surface area contributed by atoms with Crippen molar-refractivity contribution in [1.29, 1.82) is 0 Å². The summed E-state index contributed by atoms with van der Waals surface area (Å²) in [5.74, 6) is 1.01. The molecule has 0 radical (unpaired) electrons. The van der Waals surface area contributed by atoms with Crippen LogP contribution in [0.2, 0.25) is 0 Å². The van der Waals surface area contributed by atoms with Crippen molar-refractivity contribution in [3.8, 4) is 0 Å². The topological polar surface area (TPSA) is 64.3 Å². The third-order valence-corrected chi connectivity index (χ3v) is 3.81. The van der Waals surface area contributed by atoms with Gasteiger partial charge in [-0.05, 0) is 44.6 Å². The first-order valence-corrected chi connectivity index (χ1v) is 6.37. The normalized spacial score (nSPS) is 31.6. The van der Waals surface area contributed by atoms with Gasteiger partial charge in [0.15, 0.2) is 0 Å². The number of hydrogen-bond acceptors (Lipinski definition) is 3. The molecule has 1 aliphatic carbocycles. The van der Waals surface area contributed by atoms with Crippen molar-refractivity contribution >= 4 is 5.91 Å². The van der Waals surface area contributed by atoms with Crippen molar-refractivity contribution < 1.29 is 9.53 Å². The molecule has 1 heterocycles. The molecule has 2 rings (SSSR count). The van der Waals surface area contributed by atoms with Crippen LogP contribution in [0, 0.1) is 11.8 Å². The highest BCUT2D eigenvalue weighted by Crippen LogP contribution is 2.25. The number of ether oxygens (including phenoxy) is 1. The lowest BCUT2D eigenvalue weighted by Gasteiger charge is -2.23. The Morgan fingerprint density at radius 2 is 2.00 bits per heavy atom. The van der Waals surface area contributed by atoms with E-state index in [1.54, 1.807) is 0 Å². The van der Waals surface area contributed by atoms with Crippen molar-refractivity contribution in [3.63, 3.8) is 0 Å². The first kappa shape index (κ1) is 11.9. The van der Waals surface area contributed by atoms with Gasteiger partial charge in [-0.1, -0.05) is 0 Å². The van der Waals surface area contributed by atoms with Crippen LogP contribution in [0.4, 0.5) is 0 Å². The summed E-state index contributed by atoms with van der Waals surface area (Å²) < 4.78 is 5.26. The molecule has 0 spiro atoms. The van der Waals surface area contributed by atoms with Crippen LogP contribution in [0.5, 0.6) is 0 Å². The van der Waals surface area contributed by atoms with Crippen LogP contribution < -0.4 is 11.1 Å². The van der Waals surface area contributed by atoms with Gasteiger partial charge >= 0.3 is 0 Å². The van der Waals surface area contributed by atoms with Crippen LogP contribution in [0.1, 0.15) is 32.1 Å². The number of rotatable bonds is 3. The molecular formula is C12H22N2O2. The number of nitrogens with two attached hydrogens (primary N) is 1. The summed E-state index contributed by atoms with van der Waals surface area (Å²) in [7, 11) is 0. The highest BCUT2D eigenvalue weighted by molar-refractivity contribution is 5.79. The van der Waals surface area contributed by atoms with Gasteiger partial charge in [-0.15, -0.1) is 0 Å². The lowest BCUT2D eigenvalue weighted by Crippen LogP contribution is -2.39. The molecule has 0 bridgehead atoms. The fourth-order valence-electron chi connectivity index (χ4n) is 2.70. The Morgan fingerprint density at radius 1 is 1.25 bits per heavy atom. The number of amides is 1. The third kappa shape index (κ3) is 2.95. The van der Waals surface area contributed by atoms with Gasteiger partial charge < -0.3 is 15.8 Å². The predicted molar refractivity (Wildman–Crippen MR) is 61.9 cm³/mol. The Balaban J connectivity index is 1.74. The summed E-state index contributed by atoms with van der Waals surface area (Å²) in [5, 5.41) is 3.16. The summed E-state index contributed by atoms with van der Waals surface area (Å²) in [6.07, 6.45) is 5.06. The lowest BCUT2D eigenvalue weighted by molar-refractivity contribution is -0.128. The molecule has 1 aliphatic heterocycles. The summed E-state index contributed by atoms with van der Waals surface area (Å²) in [6.45, 7) is 2.21. The molecule has 1 saturated heterocycles. The van der Waals surface area contributed by atoms with Gasteiger partial charge in [0.2, 0.25) is 5.91 Å². The van der Waals surface area contributed by atoms with Crippen LogP contribution in [-0.2, 0) is 9.53 Å². The fraction of sp³-hybridized carbons (Fsp3) is 0.917. The Labute approximate surface area is 96.9 Å². The monoisotopic (exact) mass is 226 g/mol. The Morgan fingerprint density at radius 3 is 2.62 bits per heavy atom. The zero-order valence-electron chi connectivity index (χ0n) is 9.78. The van der Waals surface area contributed by atoms with E-state index < -0.39 is 0 Å². The van der Waals surface area contributed by atoms with Gasteiger partial charge in [-0.25, -0.2) is 0 Å². The summed E-state index contributed by atoms with van der Waals surface area (Å²) in [4.78, 5) is 12.0. The Bertz CT molecular complexity index is 239. The van der Waals surface area contributed by atoms with E-state index in [-0.39, 0.29) is 11.8 Å². The maximum absolute atomic E-state index is 12.0. The molecule has 0 aromatic heterocycles. The van der Waals surface area contributed by atoms with Crippen LogP contribution in [0.3, 0.4) is 0 Å². The zero-order valence-corrected chi connectivity index (χ0v) is 9.78. The number of carbonyl (C=O) groups excluding carboxylic acids is 1. The highest BCUT2D eigenvalue weighted by Gasteiger charge is 2.28. The van der Waals surface area contributed by atoms with E-state index in [0.717, 1.165) is 51.9 Å². The van der Waals surface area contributed by atoms with Crippen molar-refractivity contribution in [2.45, 2.75) is 38.1 Å². The number of carbonyl (C=O) groups is 1. The summed E-state index contributed by atoms with van der Waals surface area (Å²) >= 11 is 0. The third-order valence-electron chi connectivity index (χ3n) is 3.81. The molecule has 0 unspecified atom stereocenters. The smallest absolute Gasteiger partial charge is 0.223 e. The quantitative estimate of drug-likeness (QED) is 0.743. The molecule has 2 atom stereocenters. The van der Waals surface area contributed by atoms with Crippen LogP contribution in [0.15, 0.2) is 0 Å². The molecular weight excluding hydrogens is 204 g/mol. The summed E-state index contributed by atoms with van der Waals surface area (Å²) in [6, 6.07) is 0.365. The van der Waals surface area contributed by atoms with Crippen molar-refractivity contribution in [2.75, 3.05) is 19.8 Å². The average Bonchev–Trinajstić information content (AvgIpc) is 2.78. The van der Waals surface area contributed by atoms with Gasteiger partial charge in [0.1, 0.15) is 0 Å².